The van der Waals surface area contributed by atoms with Gasteiger partial charge < -0.3 is 15.0 Å². The van der Waals surface area contributed by atoms with Crippen LogP contribution in [0.15, 0.2) is 54.6 Å². The standard InChI is InChI=1S/C22H11ClF4N2O4.Na/c23-13-4-1-3-12(22(25,26)27)17(13)20(31)29-15-6-2-5-14(24)18(15)19(28-29)10-7-8-11(21(32)33)16(30)9-10;/h1-9,30H,(H,32,33);/q;+1/p-1. The van der Waals surface area contributed by atoms with E-state index in [2.05, 4.69) is 5.10 Å². The number of alkyl halides is 3. The summed E-state index contributed by atoms with van der Waals surface area (Å²) in [7, 11) is 0. The van der Waals surface area contributed by atoms with E-state index >= 15 is 0 Å². The molecule has 1 N–H and O–H groups in total. The monoisotopic (exact) mass is 500 g/mol. The third kappa shape index (κ3) is 4.41. The third-order valence-electron chi connectivity index (χ3n) is 4.87. The van der Waals surface area contributed by atoms with Crippen LogP contribution in [0.2, 0.25) is 5.02 Å². The fraction of sp³-hybridized carbons (Fsp3) is 0.0455. The predicted molar refractivity (Wildman–Crippen MR) is 107 cm³/mol. The second kappa shape index (κ2) is 9.38. The Morgan fingerprint density at radius 1 is 1.06 bits per heavy atom. The fourth-order valence-corrected chi connectivity index (χ4v) is 3.67. The fourth-order valence-electron chi connectivity index (χ4n) is 3.42. The van der Waals surface area contributed by atoms with Gasteiger partial charge in [-0.15, -0.1) is 0 Å². The summed E-state index contributed by atoms with van der Waals surface area (Å²) in [6.45, 7) is 0. The number of hydrogen-bond donors (Lipinski definition) is 1. The molecule has 4 rings (SSSR count). The minimum absolute atomic E-state index is 0. The van der Waals surface area contributed by atoms with Crippen LogP contribution in [0.25, 0.3) is 22.2 Å². The van der Waals surface area contributed by atoms with Crippen molar-refractivity contribution in [3.05, 3.63) is 82.1 Å². The minimum Gasteiger partial charge on any atom is -0.545 e. The number of aromatic carboxylic acids is 1. The number of carboxylic acids is 1. The van der Waals surface area contributed by atoms with E-state index in [1.807, 2.05) is 0 Å². The van der Waals surface area contributed by atoms with Gasteiger partial charge in [-0.25, -0.2) is 4.39 Å². The van der Waals surface area contributed by atoms with E-state index < -0.39 is 51.3 Å². The van der Waals surface area contributed by atoms with E-state index in [1.165, 1.54) is 18.2 Å². The Morgan fingerprint density at radius 2 is 1.74 bits per heavy atom. The van der Waals surface area contributed by atoms with E-state index in [0.717, 1.165) is 30.3 Å². The number of nitrogens with zero attached hydrogens (tertiary/aromatic N) is 2. The van der Waals surface area contributed by atoms with Crippen LogP contribution in [0.4, 0.5) is 17.6 Å². The Bertz CT molecular complexity index is 1450. The van der Waals surface area contributed by atoms with E-state index in [4.69, 9.17) is 11.6 Å². The molecular formula is C22H10ClF4N2NaO4. The van der Waals surface area contributed by atoms with Crippen LogP contribution in [-0.4, -0.2) is 26.8 Å². The van der Waals surface area contributed by atoms with E-state index in [1.54, 1.807) is 0 Å². The van der Waals surface area contributed by atoms with Gasteiger partial charge in [0.15, 0.2) is 0 Å². The maximum atomic E-state index is 14.7. The molecule has 0 amide bonds. The molecule has 0 radical (unpaired) electrons. The Hall–Kier alpha value is -2.92. The largest absolute Gasteiger partial charge is 1.00 e. The van der Waals surface area contributed by atoms with Gasteiger partial charge in [0.1, 0.15) is 17.3 Å². The van der Waals surface area contributed by atoms with Crippen molar-refractivity contribution in [2.45, 2.75) is 6.18 Å². The molecule has 12 heteroatoms. The van der Waals surface area contributed by atoms with Crippen LogP contribution in [0.3, 0.4) is 0 Å². The second-order valence-electron chi connectivity index (χ2n) is 6.88. The molecule has 0 spiro atoms. The predicted octanol–water partition coefficient (Wildman–Crippen LogP) is 1.28. The molecule has 4 aromatic rings. The van der Waals surface area contributed by atoms with E-state index in [9.17, 15) is 37.4 Å². The summed E-state index contributed by atoms with van der Waals surface area (Å²) < 4.78 is 55.9. The molecule has 34 heavy (non-hydrogen) atoms. The number of fused-ring (bicyclic) bond motifs is 1. The molecule has 0 fully saturated rings. The van der Waals surface area contributed by atoms with Gasteiger partial charge in [-0.3, -0.25) is 4.79 Å². The summed E-state index contributed by atoms with van der Waals surface area (Å²) in [5.74, 6) is -4.47. The molecule has 0 aliphatic rings. The topological polar surface area (TPSA) is 95.2 Å². The minimum atomic E-state index is -4.90. The molecule has 0 atom stereocenters. The van der Waals surface area contributed by atoms with Crippen molar-refractivity contribution < 1.29 is 66.9 Å². The number of benzene rings is 3. The number of aromatic nitrogens is 2. The van der Waals surface area contributed by atoms with Crippen LogP contribution in [0.1, 0.15) is 26.3 Å². The number of phenols is 1. The zero-order valence-corrected chi connectivity index (χ0v) is 19.9. The van der Waals surface area contributed by atoms with E-state index in [-0.39, 0.29) is 51.7 Å². The van der Waals surface area contributed by atoms with Crippen LogP contribution in [0.5, 0.6) is 5.75 Å². The number of carbonyl (C=O) groups is 2. The summed E-state index contributed by atoms with van der Waals surface area (Å²) >= 11 is 5.92. The van der Waals surface area contributed by atoms with E-state index in [0.29, 0.717) is 10.7 Å². The molecule has 3 aromatic carbocycles. The number of halogens is 5. The zero-order valence-electron chi connectivity index (χ0n) is 17.2. The average Bonchev–Trinajstić information content (AvgIpc) is 3.13. The molecule has 0 unspecified atom stereocenters. The first-order chi connectivity index (χ1) is 15.5. The molecule has 168 valence electrons. The van der Waals surface area contributed by atoms with Gasteiger partial charge >= 0.3 is 35.7 Å². The van der Waals surface area contributed by atoms with Crippen LogP contribution < -0.4 is 34.7 Å². The summed E-state index contributed by atoms with van der Waals surface area (Å²) in [5.41, 5.74) is -3.07. The summed E-state index contributed by atoms with van der Waals surface area (Å²) in [6.07, 6.45) is -4.90. The van der Waals surface area contributed by atoms with Crippen molar-refractivity contribution >= 4 is 34.4 Å². The van der Waals surface area contributed by atoms with Crippen molar-refractivity contribution in [2.24, 2.45) is 0 Å². The zero-order chi connectivity index (χ0) is 24.1. The van der Waals surface area contributed by atoms with Crippen LogP contribution in [0, 0.1) is 5.82 Å². The molecule has 0 saturated heterocycles. The molecule has 0 bridgehead atoms. The number of carbonyl (C=O) groups excluding carboxylic acids is 2. The Balaban J connectivity index is 0.00000324. The van der Waals surface area contributed by atoms with Gasteiger partial charge in [0.25, 0.3) is 5.91 Å². The van der Waals surface area contributed by atoms with Gasteiger partial charge in [0.2, 0.25) is 0 Å². The summed E-state index contributed by atoms with van der Waals surface area (Å²) in [5, 5.41) is 24.3. The van der Waals surface area contributed by atoms with Crippen molar-refractivity contribution in [1.82, 2.24) is 9.78 Å². The summed E-state index contributed by atoms with van der Waals surface area (Å²) in [4.78, 5) is 24.2. The van der Waals surface area contributed by atoms with Gasteiger partial charge in [-0.1, -0.05) is 29.8 Å². The Labute approximate surface area is 215 Å². The van der Waals surface area contributed by atoms with Gasteiger partial charge in [0, 0.05) is 11.1 Å². The number of carboxylic acid groups (broad SMARTS) is 1. The molecule has 0 aliphatic heterocycles. The normalized spacial score (nSPS) is 11.3. The molecule has 1 aromatic heterocycles. The average molecular weight is 501 g/mol. The molecule has 6 nitrogen and oxygen atoms in total. The Morgan fingerprint density at radius 3 is 2.35 bits per heavy atom. The number of aromatic hydroxyl groups is 1. The smallest absolute Gasteiger partial charge is 0.545 e. The number of hydrogen-bond acceptors (Lipinski definition) is 5. The van der Waals surface area contributed by atoms with Crippen LogP contribution >= 0.6 is 11.6 Å². The maximum Gasteiger partial charge on any atom is 1.00 e. The SMILES string of the molecule is O=C([O-])c1ccc(-c2nn(C(=O)c3c(Cl)cccc3C(F)(F)F)c3cccc(F)c23)cc1O.[Na+]. The van der Waals surface area contributed by atoms with Crippen molar-refractivity contribution in [3.8, 4) is 17.0 Å². The molecule has 0 aliphatic carbocycles. The third-order valence-corrected chi connectivity index (χ3v) is 5.19. The second-order valence-corrected chi connectivity index (χ2v) is 7.29. The van der Waals surface area contributed by atoms with Gasteiger partial charge in [-0.05, 0) is 36.4 Å². The van der Waals surface area contributed by atoms with Crippen molar-refractivity contribution in [3.63, 3.8) is 0 Å². The first kappa shape index (κ1) is 25.7. The quantitative estimate of drug-likeness (QED) is 0.338. The van der Waals surface area contributed by atoms with Crippen molar-refractivity contribution in [1.29, 1.82) is 0 Å². The summed E-state index contributed by atoms with van der Waals surface area (Å²) in [6, 6.07) is 9.52. The number of rotatable bonds is 3. The van der Waals surface area contributed by atoms with Gasteiger partial charge in [0.05, 0.1) is 33.0 Å². The first-order valence-corrected chi connectivity index (χ1v) is 9.51. The van der Waals surface area contributed by atoms with Crippen molar-refractivity contribution in [2.75, 3.05) is 0 Å². The Kier molecular flexibility index (Phi) is 7.09. The maximum absolute atomic E-state index is 14.7. The molecule has 0 saturated carbocycles. The van der Waals surface area contributed by atoms with Crippen LogP contribution in [-0.2, 0) is 6.18 Å². The molecular weight excluding hydrogens is 491 g/mol. The molecule has 1 heterocycles. The van der Waals surface area contributed by atoms with Gasteiger partial charge in [-0.2, -0.15) is 23.0 Å². The first-order valence-electron chi connectivity index (χ1n) is 9.13.